The number of carbonyl (C=O) groups is 1. The molecule has 0 radical (unpaired) electrons. The Kier molecular flexibility index (Phi) is 4.31. The van der Waals surface area contributed by atoms with Gasteiger partial charge in [0.25, 0.3) is 5.78 Å². The second-order valence-electron chi connectivity index (χ2n) is 4.60. The van der Waals surface area contributed by atoms with E-state index in [1.165, 1.54) is 12.1 Å². The highest BCUT2D eigenvalue weighted by molar-refractivity contribution is 6.02. The number of aryl methyl sites for hydroxylation is 1. The molecule has 5 heteroatoms. The minimum atomic E-state index is -4.92. The molecule has 0 bridgehead atoms. The molecule has 0 unspecified atom stereocenters. The van der Waals surface area contributed by atoms with Crippen LogP contribution in [-0.4, -0.2) is 12.0 Å². The lowest BCUT2D eigenvalue weighted by Gasteiger charge is -2.13. The summed E-state index contributed by atoms with van der Waals surface area (Å²) in [7, 11) is 0. The molecule has 0 aliphatic rings. The summed E-state index contributed by atoms with van der Waals surface area (Å²) < 4.78 is 43.2. The van der Waals surface area contributed by atoms with Gasteiger partial charge in [-0.05, 0) is 24.6 Å². The SMILES string of the molecule is Cc1ccc(OCc2ccccc2)c(C(=O)C(F)(F)F)c1. The van der Waals surface area contributed by atoms with Crippen LogP contribution in [0, 0.1) is 6.92 Å². The number of alkyl halides is 3. The predicted molar refractivity (Wildman–Crippen MR) is 72.3 cm³/mol. The van der Waals surface area contributed by atoms with E-state index in [9.17, 15) is 18.0 Å². The van der Waals surface area contributed by atoms with Crippen LogP contribution in [0.5, 0.6) is 5.75 Å². The molecule has 0 saturated heterocycles. The number of rotatable bonds is 4. The number of benzene rings is 2. The Morgan fingerprint density at radius 3 is 2.38 bits per heavy atom. The zero-order valence-corrected chi connectivity index (χ0v) is 11.3. The molecule has 0 heterocycles. The van der Waals surface area contributed by atoms with Gasteiger partial charge in [-0.1, -0.05) is 42.0 Å². The summed E-state index contributed by atoms with van der Waals surface area (Å²) in [5, 5.41) is 0. The van der Waals surface area contributed by atoms with Crippen molar-refractivity contribution in [1.29, 1.82) is 0 Å². The summed E-state index contributed by atoms with van der Waals surface area (Å²) in [5.41, 5.74) is 0.913. The highest BCUT2D eigenvalue weighted by Crippen LogP contribution is 2.29. The minimum Gasteiger partial charge on any atom is -0.488 e. The largest absolute Gasteiger partial charge is 0.488 e. The Labute approximate surface area is 120 Å². The number of halogens is 3. The van der Waals surface area contributed by atoms with Crippen LogP contribution < -0.4 is 4.74 Å². The normalized spacial score (nSPS) is 11.2. The van der Waals surface area contributed by atoms with E-state index >= 15 is 0 Å². The summed E-state index contributed by atoms with van der Waals surface area (Å²) in [6.07, 6.45) is -4.92. The monoisotopic (exact) mass is 294 g/mol. The van der Waals surface area contributed by atoms with Crippen molar-refractivity contribution < 1.29 is 22.7 Å². The highest BCUT2D eigenvalue weighted by Gasteiger charge is 2.40. The van der Waals surface area contributed by atoms with Crippen LogP contribution in [0.1, 0.15) is 21.5 Å². The van der Waals surface area contributed by atoms with Gasteiger partial charge in [0.05, 0.1) is 5.56 Å². The second-order valence-corrected chi connectivity index (χ2v) is 4.60. The molecule has 0 amide bonds. The van der Waals surface area contributed by atoms with Gasteiger partial charge in [0, 0.05) is 0 Å². The lowest BCUT2D eigenvalue weighted by atomic mass is 10.1. The third-order valence-electron chi connectivity index (χ3n) is 2.87. The Hall–Kier alpha value is -2.30. The maximum atomic E-state index is 12.6. The molecular formula is C16H13F3O2. The van der Waals surface area contributed by atoms with Gasteiger partial charge < -0.3 is 4.74 Å². The van der Waals surface area contributed by atoms with E-state index in [-0.39, 0.29) is 12.4 Å². The molecular weight excluding hydrogens is 281 g/mol. The summed E-state index contributed by atoms with van der Waals surface area (Å²) in [6, 6.07) is 13.2. The fourth-order valence-corrected chi connectivity index (χ4v) is 1.84. The summed E-state index contributed by atoms with van der Waals surface area (Å²) in [4.78, 5) is 11.4. The van der Waals surface area contributed by atoms with Crippen LogP contribution in [0.2, 0.25) is 0 Å². The second kappa shape index (κ2) is 5.99. The molecule has 110 valence electrons. The van der Waals surface area contributed by atoms with Gasteiger partial charge in [-0.25, -0.2) is 0 Å². The van der Waals surface area contributed by atoms with Gasteiger partial charge in [-0.15, -0.1) is 0 Å². The van der Waals surface area contributed by atoms with Gasteiger partial charge in [-0.2, -0.15) is 13.2 Å². The Morgan fingerprint density at radius 2 is 1.76 bits per heavy atom. The molecule has 0 N–H and O–H groups in total. The van der Waals surface area contributed by atoms with Crippen molar-refractivity contribution in [3.05, 3.63) is 65.2 Å². The number of hydrogen-bond acceptors (Lipinski definition) is 2. The topological polar surface area (TPSA) is 26.3 Å². The molecule has 21 heavy (non-hydrogen) atoms. The van der Waals surface area contributed by atoms with Crippen molar-refractivity contribution in [3.8, 4) is 5.75 Å². The van der Waals surface area contributed by atoms with Crippen LogP contribution >= 0.6 is 0 Å². The first kappa shape index (κ1) is 15.1. The van der Waals surface area contributed by atoms with Crippen molar-refractivity contribution in [2.24, 2.45) is 0 Å². The van der Waals surface area contributed by atoms with Crippen LogP contribution in [0.4, 0.5) is 13.2 Å². The molecule has 0 fully saturated rings. The van der Waals surface area contributed by atoms with E-state index in [4.69, 9.17) is 4.74 Å². The molecule has 0 aliphatic heterocycles. The van der Waals surface area contributed by atoms with E-state index < -0.39 is 17.5 Å². The fraction of sp³-hybridized carbons (Fsp3) is 0.188. The average molecular weight is 294 g/mol. The fourth-order valence-electron chi connectivity index (χ4n) is 1.84. The van der Waals surface area contributed by atoms with Gasteiger partial charge in [-0.3, -0.25) is 4.79 Å². The van der Waals surface area contributed by atoms with Crippen molar-refractivity contribution in [2.45, 2.75) is 19.7 Å². The molecule has 0 aliphatic carbocycles. The number of hydrogen-bond donors (Lipinski definition) is 0. The van der Waals surface area contributed by atoms with E-state index in [1.54, 1.807) is 37.3 Å². The van der Waals surface area contributed by atoms with Crippen molar-refractivity contribution in [2.75, 3.05) is 0 Å². The lowest BCUT2D eigenvalue weighted by molar-refractivity contribution is -0.0886. The van der Waals surface area contributed by atoms with Gasteiger partial charge in [0.2, 0.25) is 0 Å². The Bertz CT molecular complexity index is 634. The average Bonchev–Trinajstić information content (AvgIpc) is 2.45. The highest BCUT2D eigenvalue weighted by atomic mass is 19.4. The van der Waals surface area contributed by atoms with Gasteiger partial charge in [0.1, 0.15) is 12.4 Å². The summed E-state index contributed by atoms with van der Waals surface area (Å²) >= 11 is 0. The number of carbonyl (C=O) groups excluding carboxylic acids is 1. The van der Waals surface area contributed by atoms with E-state index in [0.29, 0.717) is 5.56 Å². The van der Waals surface area contributed by atoms with E-state index in [0.717, 1.165) is 5.56 Å². The summed E-state index contributed by atoms with van der Waals surface area (Å²) in [5.74, 6) is -1.96. The molecule has 0 aromatic heterocycles. The summed E-state index contributed by atoms with van der Waals surface area (Å²) in [6.45, 7) is 1.72. The molecule has 0 spiro atoms. The standard InChI is InChI=1S/C16H13F3O2/c1-11-7-8-14(13(9-11)15(20)16(17,18)19)21-10-12-5-3-2-4-6-12/h2-9H,10H2,1H3. The zero-order chi connectivity index (χ0) is 15.5. The first-order valence-corrected chi connectivity index (χ1v) is 6.27. The first-order chi connectivity index (χ1) is 9.88. The van der Waals surface area contributed by atoms with Gasteiger partial charge >= 0.3 is 6.18 Å². The minimum absolute atomic E-state index is 0.0632. The van der Waals surface area contributed by atoms with Crippen LogP contribution in [0.15, 0.2) is 48.5 Å². The van der Waals surface area contributed by atoms with E-state index in [1.807, 2.05) is 6.07 Å². The third kappa shape index (κ3) is 3.84. The third-order valence-corrected chi connectivity index (χ3v) is 2.87. The molecule has 0 atom stereocenters. The molecule has 0 saturated carbocycles. The molecule has 2 nitrogen and oxygen atoms in total. The molecule has 2 rings (SSSR count). The zero-order valence-electron chi connectivity index (χ0n) is 11.3. The van der Waals surface area contributed by atoms with Crippen LogP contribution in [-0.2, 0) is 6.61 Å². The maximum absolute atomic E-state index is 12.6. The number of ketones is 1. The lowest BCUT2D eigenvalue weighted by Crippen LogP contribution is -2.23. The number of Topliss-reactive ketones (excluding diaryl/α,β-unsaturated/α-hetero) is 1. The molecule has 2 aromatic rings. The predicted octanol–water partition coefficient (Wildman–Crippen LogP) is 4.32. The Balaban J connectivity index is 2.25. The quantitative estimate of drug-likeness (QED) is 0.785. The van der Waals surface area contributed by atoms with Crippen molar-refractivity contribution in [1.82, 2.24) is 0 Å². The first-order valence-electron chi connectivity index (χ1n) is 6.27. The van der Waals surface area contributed by atoms with E-state index in [2.05, 4.69) is 0 Å². The van der Waals surface area contributed by atoms with Crippen molar-refractivity contribution in [3.63, 3.8) is 0 Å². The Morgan fingerprint density at radius 1 is 1.10 bits per heavy atom. The maximum Gasteiger partial charge on any atom is 0.455 e. The van der Waals surface area contributed by atoms with Crippen molar-refractivity contribution >= 4 is 5.78 Å². The smallest absolute Gasteiger partial charge is 0.455 e. The van der Waals surface area contributed by atoms with Crippen LogP contribution in [0.3, 0.4) is 0 Å². The molecule has 2 aromatic carbocycles. The van der Waals surface area contributed by atoms with Gasteiger partial charge in [0.15, 0.2) is 0 Å². The van der Waals surface area contributed by atoms with Crippen LogP contribution in [0.25, 0.3) is 0 Å². The number of ether oxygens (including phenoxy) is 1.